The lowest BCUT2D eigenvalue weighted by molar-refractivity contribution is -0.125. The predicted molar refractivity (Wildman–Crippen MR) is 70.9 cm³/mol. The predicted octanol–water partition coefficient (Wildman–Crippen LogP) is 0.530. The molecule has 1 saturated heterocycles. The minimum absolute atomic E-state index is 0.0388. The van der Waals surface area contributed by atoms with Crippen LogP contribution in [-0.4, -0.2) is 41.9 Å². The molecule has 1 aliphatic rings. The number of hydrogen-bond acceptors (Lipinski definition) is 3. The number of carbonyl (C=O) groups is 2. The molecule has 2 N–H and O–H groups in total. The van der Waals surface area contributed by atoms with Crippen molar-refractivity contribution < 1.29 is 14.0 Å². The second-order valence-corrected chi connectivity index (χ2v) is 4.47. The van der Waals surface area contributed by atoms with E-state index in [0.29, 0.717) is 11.1 Å². The lowest BCUT2D eigenvalue weighted by Crippen LogP contribution is -2.31. The molecule has 0 radical (unpaired) electrons. The first kappa shape index (κ1) is 14.0. The number of likely N-dealkylation sites (N-methyl/N-ethyl adjacent to an activating group) is 1. The van der Waals surface area contributed by atoms with Gasteiger partial charge in [0.15, 0.2) is 0 Å². The molecule has 104 valence electrons. The topological polar surface area (TPSA) is 66.6 Å². The van der Waals surface area contributed by atoms with Gasteiger partial charge in [-0.15, -0.1) is 0 Å². The van der Waals surface area contributed by atoms with Crippen LogP contribution in [0.25, 0.3) is 0 Å². The van der Waals surface area contributed by atoms with Gasteiger partial charge in [0.1, 0.15) is 12.4 Å². The summed E-state index contributed by atoms with van der Waals surface area (Å²) in [5, 5.41) is 0. The molecule has 3 amide bonds. The van der Waals surface area contributed by atoms with Crippen LogP contribution in [0.2, 0.25) is 0 Å². The highest BCUT2D eigenvalue weighted by atomic mass is 19.1. The van der Waals surface area contributed by atoms with Gasteiger partial charge in [-0.2, -0.15) is 0 Å². The average molecular weight is 275 g/mol. The Morgan fingerprint density at radius 2 is 2.10 bits per heavy atom. The summed E-state index contributed by atoms with van der Waals surface area (Å²) >= 11 is 0. The van der Waals surface area contributed by atoms with Gasteiger partial charge in [-0.25, -0.2) is 9.18 Å². The zero-order chi connectivity index (χ0) is 14.7. The SMILES string of the molecule is CN1CC(=O)N(Cc2cc(F)cc(C#CCN)c2)C1=O. The van der Waals surface area contributed by atoms with E-state index in [0.717, 1.165) is 4.90 Å². The largest absolute Gasteiger partial charge is 0.327 e. The van der Waals surface area contributed by atoms with Crippen LogP contribution in [0.5, 0.6) is 0 Å². The smallest absolute Gasteiger partial charge is 0.320 e. The van der Waals surface area contributed by atoms with E-state index in [1.165, 1.54) is 17.0 Å². The Kier molecular flexibility index (Phi) is 4.01. The van der Waals surface area contributed by atoms with E-state index in [-0.39, 0.29) is 31.6 Å². The Balaban J connectivity index is 2.23. The Labute approximate surface area is 116 Å². The number of carbonyl (C=O) groups excluding carboxylic acids is 2. The molecule has 2 rings (SSSR count). The molecule has 1 aromatic carbocycles. The number of amides is 3. The molecule has 0 bridgehead atoms. The average Bonchev–Trinajstić information content (AvgIpc) is 2.62. The van der Waals surface area contributed by atoms with Crippen molar-refractivity contribution in [1.29, 1.82) is 0 Å². The summed E-state index contributed by atoms with van der Waals surface area (Å²) in [6.45, 7) is 0.269. The second-order valence-electron chi connectivity index (χ2n) is 4.47. The Morgan fingerprint density at radius 1 is 1.35 bits per heavy atom. The standard InChI is InChI=1S/C14H14FN3O2/c1-17-9-13(19)18(14(17)20)8-11-5-10(3-2-4-16)6-12(15)7-11/h5-7H,4,8-9,16H2,1H3. The molecule has 0 unspecified atom stereocenters. The lowest BCUT2D eigenvalue weighted by atomic mass is 10.1. The van der Waals surface area contributed by atoms with Gasteiger partial charge in [-0.05, 0) is 23.8 Å². The van der Waals surface area contributed by atoms with Crippen molar-refractivity contribution in [3.8, 4) is 11.8 Å². The van der Waals surface area contributed by atoms with Crippen molar-refractivity contribution >= 4 is 11.9 Å². The third-order valence-electron chi connectivity index (χ3n) is 2.86. The lowest BCUT2D eigenvalue weighted by Gasteiger charge is -2.14. The van der Waals surface area contributed by atoms with Crippen LogP contribution in [-0.2, 0) is 11.3 Å². The molecule has 1 aliphatic heterocycles. The van der Waals surface area contributed by atoms with Crippen LogP contribution in [0.3, 0.4) is 0 Å². The number of imide groups is 1. The van der Waals surface area contributed by atoms with Gasteiger partial charge in [0.25, 0.3) is 5.91 Å². The first-order valence-electron chi connectivity index (χ1n) is 6.05. The second kappa shape index (κ2) is 5.72. The van der Waals surface area contributed by atoms with Crippen LogP contribution >= 0.6 is 0 Å². The molecule has 0 saturated carbocycles. The van der Waals surface area contributed by atoms with Crippen LogP contribution in [0.4, 0.5) is 9.18 Å². The first-order valence-corrected chi connectivity index (χ1v) is 6.05. The molecular formula is C14H14FN3O2. The first-order chi connectivity index (χ1) is 9.51. The van der Waals surface area contributed by atoms with E-state index in [9.17, 15) is 14.0 Å². The van der Waals surface area contributed by atoms with Gasteiger partial charge in [-0.1, -0.05) is 11.8 Å². The van der Waals surface area contributed by atoms with Gasteiger partial charge in [0.2, 0.25) is 0 Å². The normalized spacial score (nSPS) is 14.6. The van der Waals surface area contributed by atoms with Crippen LogP contribution < -0.4 is 5.73 Å². The summed E-state index contributed by atoms with van der Waals surface area (Å²) in [5.74, 6) is 4.60. The van der Waals surface area contributed by atoms with E-state index in [2.05, 4.69) is 11.8 Å². The van der Waals surface area contributed by atoms with Crippen molar-refractivity contribution in [3.63, 3.8) is 0 Å². The van der Waals surface area contributed by atoms with E-state index in [4.69, 9.17) is 5.73 Å². The van der Waals surface area contributed by atoms with E-state index < -0.39 is 5.82 Å². The number of nitrogens with two attached hydrogens (primary N) is 1. The highest BCUT2D eigenvalue weighted by Crippen LogP contribution is 2.15. The molecule has 5 nitrogen and oxygen atoms in total. The molecule has 1 fully saturated rings. The van der Waals surface area contributed by atoms with E-state index >= 15 is 0 Å². The van der Waals surface area contributed by atoms with Gasteiger partial charge in [-0.3, -0.25) is 9.69 Å². The van der Waals surface area contributed by atoms with Gasteiger partial charge >= 0.3 is 6.03 Å². The summed E-state index contributed by atoms with van der Waals surface area (Å²) < 4.78 is 13.5. The van der Waals surface area contributed by atoms with E-state index in [1.54, 1.807) is 13.1 Å². The van der Waals surface area contributed by atoms with Gasteiger partial charge in [0.05, 0.1) is 13.1 Å². The number of benzene rings is 1. The van der Waals surface area contributed by atoms with Crippen LogP contribution in [0.1, 0.15) is 11.1 Å². The zero-order valence-electron chi connectivity index (χ0n) is 11.0. The molecule has 6 heteroatoms. The number of halogens is 1. The van der Waals surface area contributed by atoms with Gasteiger partial charge in [0, 0.05) is 12.6 Å². The quantitative estimate of drug-likeness (QED) is 0.632. The Bertz CT molecular complexity index is 619. The van der Waals surface area contributed by atoms with Crippen molar-refractivity contribution in [2.24, 2.45) is 5.73 Å². The molecule has 1 heterocycles. The number of nitrogens with zero attached hydrogens (tertiary/aromatic N) is 2. The summed E-state index contributed by atoms with van der Waals surface area (Å²) in [5.41, 5.74) is 6.25. The fraction of sp³-hybridized carbons (Fsp3) is 0.286. The van der Waals surface area contributed by atoms with Crippen molar-refractivity contribution in [3.05, 3.63) is 35.1 Å². The summed E-state index contributed by atoms with van der Waals surface area (Å²) in [6, 6.07) is 3.83. The number of rotatable bonds is 2. The summed E-state index contributed by atoms with van der Waals surface area (Å²) in [4.78, 5) is 25.8. The zero-order valence-corrected chi connectivity index (χ0v) is 11.0. The monoisotopic (exact) mass is 275 g/mol. The highest BCUT2D eigenvalue weighted by Gasteiger charge is 2.33. The maximum atomic E-state index is 13.5. The Hall–Kier alpha value is -2.39. The maximum Gasteiger partial charge on any atom is 0.327 e. The van der Waals surface area contributed by atoms with E-state index in [1.807, 2.05) is 0 Å². The van der Waals surface area contributed by atoms with Crippen molar-refractivity contribution in [2.45, 2.75) is 6.54 Å². The van der Waals surface area contributed by atoms with Crippen LogP contribution in [0, 0.1) is 17.7 Å². The summed E-state index contributed by atoms with van der Waals surface area (Å²) in [7, 11) is 1.55. The number of hydrogen-bond donors (Lipinski definition) is 1. The van der Waals surface area contributed by atoms with Crippen molar-refractivity contribution in [1.82, 2.24) is 9.80 Å². The minimum atomic E-state index is -0.462. The van der Waals surface area contributed by atoms with Crippen molar-refractivity contribution in [2.75, 3.05) is 20.1 Å². The maximum absolute atomic E-state index is 13.5. The molecule has 20 heavy (non-hydrogen) atoms. The molecule has 0 aromatic heterocycles. The molecule has 1 aromatic rings. The molecule has 0 spiro atoms. The highest BCUT2D eigenvalue weighted by molar-refractivity contribution is 6.01. The molecule has 0 aliphatic carbocycles. The summed E-state index contributed by atoms with van der Waals surface area (Å²) in [6.07, 6.45) is 0. The third kappa shape index (κ3) is 2.95. The minimum Gasteiger partial charge on any atom is -0.320 e. The van der Waals surface area contributed by atoms with Gasteiger partial charge < -0.3 is 10.6 Å². The fourth-order valence-electron chi connectivity index (χ4n) is 1.97. The Morgan fingerprint density at radius 3 is 2.70 bits per heavy atom. The third-order valence-corrected chi connectivity index (χ3v) is 2.86. The molecule has 0 atom stereocenters. The number of urea groups is 1. The van der Waals surface area contributed by atoms with Crippen LogP contribution in [0.15, 0.2) is 18.2 Å². The fourth-order valence-corrected chi connectivity index (χ4v) is 1.97. The molecular weight excluding hydrogens is 261 g/mol.